The predicted octanol–water partition coefficient (Wildman–Crippen LogP) is 4.09. The molecule has 0 amide bonds. The molecule has 0 bridgehead atoms. The lowest BCUT2D eigenvalue weighted by Gasteiger charge is -2.24. The Bertz CT molecular complexity index is 1050. The fourth-order valence-electron chi connectivity index (χ4n) is 3.62. The summed E-state index contributed by atoms with van der Waals surface area (Å²) in [5.74, 6) is 1.25. The van der Waals surface area contributed by atoms with Crippen LogP contribution in [0.1, 0.15) is 11.3 Å². The summed E-state index contributed by atoms with van der Waals surface area (Å²) in [7, 11) is 0. The molecule has 0 fully saturated rings. The largest absolute Gasteiger partial charge is 0.473 e. The number of ether oxygens (including phenoxy) is 1. The lowest BCUT2D eigenvalue weighted by molar-refractivity contribution is 0.231. The molecule has 0 spiro atoms. The smallest absolute Gasteiger partial charge is 0.253 e. The zero-order chi connectivity index (χ0) is 18.1. The minimum Gasteiger partial charge on any atom is -0.473 e. The van der Waals surface area contributed by atoms with Gasteiger partial charge in [-0.15, -0.1) is 0 Å². The maximum absolute atomic E-state index is 6.03. The van der Waals surface area contributed by atoms with Gasteiger partial charge in [0.2, 0.25) is 0 Å². The molecule has 1 unspecified atom stereocenters. The molecule has 1 aliphatic rings. The lowest BCUT2D eigenvalue weighted by Crippen LogP contribution is -2.36. The zero-order valence-electron chi connectivity index (χ0n) is 14.8. The summed E-state index contributed by atoms with van der Waals surface area (Å²) in [6.45, 7) is 1.21. The Kier molecular flexibility index (Phi) is 3.78. The van der Waals surface area contributed by atoms with E-state index in [1.165, 1.54) is 5.56 Å². The van der Waals surface area contributed by atoms with Gasteiger partial charge in [-0.2, -0.15) is 0 Å². The van der Waals surface area contributed by atoms with Crippen molar-refractivity contribution in [2.24, 2.45) is 4.99 Å². The SMILES string of the molecule is c1ccc(CC2(Cn3ccnc3)COC(c3cc4ccccc4o3)=N2)cc1. The van der Waals surface area contributed by atoms with Crippen LogP contribution in [0.4, 0.5) is 0 Å². The summed E-state index contributed by atoms with van der Waals surface area (Å²) in [5, 5.41) is 1.05. The van der Waals surface area contributed by atoms with E-state index < -0.39 is 5.54 Å². The van der Waals surface area contributed by atoms with Crippen molar-refractivity contribution < 1.29 is 9.15 Å². The normalized spacial score (nSPS) is 19.2. The Morgan fingerprint density at radius 1 is 1.04 bits per heavy atom. The Labute approximate surface area is 156 Å². The number of benzene rings is 2. The van der Waals surface area contributed by atoms with Gasteiger partial charge in [0.05, 0.1) is 12.9 Å². The van der Waals surface area contributed by atoms with Gasteiger partial charge in [-0.05, 0) is 17.7 Å². The number of imidazole rings is 1. The van der Waals surface area contributed by atoms with E-state index in [0.717, 1.165) is 17.4 Å². The van der Waals surface area contributed by atoms with Crippen LogP contribution in [0.15, 0.2) is 88.8 Å². The number of nitrogens with zero attached hydrogens (tertiary/aromatic N) is 3. The average molecular weight is 357 g/mol. The molecule has 134 valence electrons. The van der Waals surface area contributed by atoms with Gasteiger partial charge < -0.3 is 13.7 Å². The van der Waals surface area contributed by atoms with Crippen molar-refractivity contribution in [3.63, 3.8) is 0 Å². The van der Waals surface area contributed by atoms with Crippen LogP contribution >= 0.6 is 0 Å². The molecule has 0 saturated carbocycles. The molecule has 0 saturated heterocycles. The third-order valence-electron chi connectivity index (χ3n) is 4.86. The molecule has 2 aromatic carbocycles. The molecule has 3 heterocycles. The van der Waals surface area contributed by atoms with Gasteiger partial charge in [0, 0.05) is 24.2 Å². The maximum Gasteiger partial charge on any atom is 0.253 e. The number of hydrogen-bond donors (Lipinski definition) is 0. The number of furan rings is 1. The first-order valence-electron chi connectivity index (χ1n) is 9.01. The minimum absolute atomic E-state index is 0.392. The molecular weight excluding hydrogens is 338 g/mol. The molecule has 5 heteroatoms. The Hall–Kier alpha value is -3.34. The summed E-state index contributed by atoms with van der Waals surface area (Å²) < 4.78 is 14.0. The molecule has 27 heavy (non-hydrogen) atoms. The van der Waals surface area contributed by atoms with Crippen molar-refractivity contribution in [1.29, 1.82) is 0 Å². The molecular formula is C22H19N3O2. The highest BCUT2D eigenvalue weighted by Gasteiger charge is 2.38. The van der Waals surface area contributed by atoms with E-state index in [0.29, 0.717) is 24.8 Å². The fraction of sp³-hybridized carbons (Fsp3) is 0.182. The third kappa shape index (κ3) is 3.12. The lowest BCUT2D eigenvalue weighted by atomic mass is 9.92. The second kappa shape index (κ2) is 6.43. The van der Waals surface area contributed by atoms with E-state index >= 15 is 0 Å². The van der Waals surface area contributed by atoms with E-state index in [9.17, 15) is 0 Å². The first-order valence-corrected chi connectivity index (χ1v) is 9.01. The number of rotatable bonds is 5. The number of para-hydroxylation sites is 1. The van der Waals surface area contributed by atoms with Crippen LogP contribution in [0.5, 0.6) is 0 Å². The fourth-order valence-corrected chi connectivity index (χ4v) is 3.62. The summed E-state index contributed by atoms with van der Waals surface area (Å²) >= 11 is 0. The highest BCUT2D eigenvalue weighted by Crippen LogP contribution is 2.30. The van der Waals surface area contributed by atoms with Gasteiger partial charge in [-0.1, -0.05) is 48.5 Å². The highest BCUT2D eigenvalue weighted by molar-refractivity contribution is 5.97. The van der Waals surface area contributed by atoms with Gasteiger partial charge in [0.1, 0.15) is 17.7 Å². The average Bonchev–Trinajstić information content (AvgIpc) is 3.42. The van der Waals surface area contributed by atoms with Crippen LogP contribution in [0.25, 0.3) is 11.0 Å². The predicted molar refractivity (Wildman–Crippen MR) is 104 cm³/mol. The molecule has 0 aliphatic carbocycles. The van der Waals surface area contributed by atoms with Crippen LogP contribution in [0.2, 0.25) is 0 Å². The van der Waals surface area contributed by atoms with Gasteiger partial charge in [0.25, 0.3) is 5.90 Å². The van der Waals surface area contributed by atoms with Gasteiger partial charge >= 0.3 is 0 Å². The molecule has 0 N–H and O–H groups in total. The summed E-state index contributed by atoms with van der Waals surface area (Å²) in [6.07, 6.45) is 6.36. The van der Waals surface area contributed by atoms with Gasteiger partial charge in [-0.25, -0.2) is 9.98 Å². The van der Waals surface area contributed by atoms with Crippen molar-refractivity contribution in [3.8, 4) is 0 Å². The van der Waals surface area contributed by atoms with Crippen LogP contribution in [-0.4, -0.2) is 27.6 Å². The van der Waals surface area contributed by atoms with E-state index in [1.807, 2.05) is 48.9 Å². The van der Waals surface area contributed by atoms with Crippen molar-refractivity contribution in [1.82, 2.24) is 9.55 Å². The standard InChI is InChI=1S/C22H19N3O2/c1-2-6-17(7-3-1)13-22(14-25-11-10-23-16-25)15-26-21(24-22)20-12-18-8-4-5-9-19(18)27-20/h1-12,16H,13-15H2. The van der Waals surface area contributed by atoms with Crippen molar-refractivity contribution in [2.45, 2.75) is 18.5 Å². The molecule has 2 aromatic heterocycles. The Morgan fingerprint density at radius 3 is 2.70 bits per heavy atom. The molecule has 1 aliphatic heterocycles. The number of aliphatic imine (C=N–C) groups is 1. The van der Waals surface area contributed by atoms with Crippen LogP contribution in [-0.2, 0) is 17.7 Å². The first kappa shape index (κ1) is 15.9. The van der Waals surface area contributed by atoms with Gasteiger partial charge in [-0.3, -0.25) is 0 Å². The van der Waals surface area contributed by atoms with Crippen LogP contribution in [0.3, 0.4) is 0 Å². The Balaban J connectivity index is 1.52. The van der Waals surface area contributed by atoms with Gasteiger partial charge in [0.15, 0.2) is 5.76 Å². The maximum atomic E-state index is 6.03. The first-order chi connectivity index (χ1) is 13.3. The Morgan fingerprint density at radius 2 is 1.89 bits per heavy atom. The second-order valence-electron chi connectivity index (χ2n) is 6.98. The quantitative estimate of drug-likeness (QED) is 0.541. The molecule has 5 rings (SSSR count). The summed E-state index contributed by atoms with van der Waals surface area (Å²) in [5.41, 5.74) is 1.68. The number of aromatic nitrogens is 2. The van der Waals surface area contributed by atoms with Crippen molar-refractivity contribution in [2.75, 3.05) is 6.61 Å². The van der Waals surface area contributed by atoms with E-state index in [2.05, 4.69) is 33.8 Å². The molecule has 0 radical (unpaired) electrons. The molecule has 4 aromatic rings. The monoisotopic (exact) mass is 357 g/mol. The van der Waals surface area contributed by atoms with Crippen LogP contribution in [0, 0.1) is 0 Å². The summed E-state index contributed by atoms with van der Waals surface area (Å²) in [6, 6.07) is 20.3. The molecule has 1 atom stereocenters. The number of fused-ring (bicyclic) bond motifs is 1. The van der Waals surface area contributed by atoms with Crippen molar-refractivity contribution >= 4 is 16.9 Å². The zero-order valence-corrected chi connectivity index (χ0v) is 14.8. The highest BCUT2D eigenvalue weighted by atomic mass is 16.5. The molecule has 5 nitrogen and oxygen atoms in total. The van der Waals surface area contributed by atoms with E-state index in [1.54, 1.807) is 6.20 Å². The van der Waals surface area contributed by atoms with E-state index in [-0.39, 0.29) is 0 Å². The number of hydrogen-bond acceptors (Lipinski definition) is 4. The van der Waals surface area contributed by atoms with Crippen molar-refractivity contribution in [3.05, 3.63) is 90.7 Å². The topological polar surface area (TPSA) is 52.5 Å². The second-order valence-corrected chi connectivity index (χ2v) is 6.98. The van der Waals surface area contributed by atoms with Crippen LogP contribution < -0.4 is 0 Å². The minimum atomic E-state index is -0.392. The van der Waals surface area contributed by atoms with E-state index in [4.69, 9.17) is 14.1 Å². The third-order valence-corrected chi connectivity index (χ3v) is 4.86. The summed E-state index contributed by atoms with van der Waals surface area (Å²) in [4.78, 5) is 9.17.